The van der Waals surface area contributed by atoms with Gasteiger partial charge in [-0.05, 0) is 50.1 Å². The second-order valence-electron chi connectivity index (χ2n) is 5.45. The predicted octanol–water partition coefficient (Wildman–Crippen LogP) is 4.01. The fraction of sp³-hybridized carbons (Fsp3) is 0.389. The molecule has 0 saturated carbocycles. The van der Waals surface area contributed by atoms with Crippen molar-refractivity contribution in [1.29, 1.82) is 0 Å². The smallest absolute Gasteiger partial charge is 0.166 e. The highest BCUT2D eigenvalue weighted by Crippen LogP contribution is 2.39. The molecule has 0 aromatic heterocycles. The van der Waals surface area contributed by atoms with E-state index >= 15 is 0 Å². The Morgan fingerprint density at radius 2 is 1.86 bits per heavy atom. The van der Waals surface area contributed by atoms with E-state index in [1.54, 1.807) is 0 Å². The van der Waals surface area contributed by atoms with Crippen LogP contribution in [0.25, 0.3) is 10.8 Å². The summed E-state index contributed by atoms with van der Waals surface area (Å²) in [6.07, 6.45) is 0.795. The van der Waals surface area contributed by atoms with Gasteiger partial charge in [0.25, 0.3) is 0 Å². The molecule has 0 fully saturated rings. The maximum atomic E-state index is 12.5. The van der Waals surface area contributed by atoms with Crippen LogP contribution in [0.3, 0.4) is 0 Å². The summed E-state index contributed by atoms with van der Waals surface area (Å²) in [6, 6.07) is 7.92. The molecule has 2 aromatic rings. The Bertz CT molecular complexity index is 703. The van der Waals surface area contributed by atoms with Crippen LogP contribution in [0.1, 0.15) is 36.7 Å². The molecule has 3 heteroatoms. The van der Waals surface area contributed by atoms with Gasteiger partial charge >= 0.3 is 0 Å². The van der Waals surface area contributed by atoms with E-state index in [2.05, 4.69) is 0 Å². The quantitative estimate of drug-likeness (QED) is 0.851. The molecule has 0 radical (unpaired) electrons. The van der Waals surface area contributed by atoms with Crippen LogP contribution >= 0.6 is 0 Å². The van der Waals surface area contributed by atoms with Gasteiger partial charge in [0.2, 0.25) is 0 Å². The molecule has 0 N–H and O–H groups in total. The monoisotopic (exact) mass is 284 g/mol. The van der Waals surface area contributed by atoms with Crippen LogP contribution in [0.4, 0.5) is 0 Å². The van der Waals surface area contributed by atoms with Gasteiger partial charge in [-0.1, -0.05) is 6.92 Å². The Hall–Kier alpha value is -2.03. The van der Waals surface area contributed by atoms with Gasteiger partial charge < -0.3 is 9.47 Å². The summed E-state index contributed by atoms with van der Waals surface area (Å²) in [5.74, 6) is 1.94. The molecule has 1 aliphatic rings. The number of Topliss-reactive ketones (excluding diaryl/α,β-unsaturated/α-hetero) is 1. The van der Waals surface area contributed by atoms with Crippen LogP contribution in [0.15, 0.2) is 24.3 Å². The Morgan fingerprint density at radius 3 is 2.57 bits per heavy atom. The van der Waals surface area contributed by atoms with E-state index < -0.39 is 0 Å². The molecular weight excluding hydrogens is 264 g/mol. The molecule has 0 spiro atoms. The fourth-order valence-electron chi connectivity index (χ4n) is 3.08. The van der Waals surface area contributed by atoms with Crippen LogP contribution in [0.2, 0.25) is 0 Å². The highest BCUT2D eigenvalue weighted by atomic mass is 16.5. The van der Waals surface area contributed by atoms with Crippen molar-refractivity contribution in [1.82, 2.24) is 0 Å². The lowest BCUT2D eigenvalue weighted by Crippen LogP contribution is -2.04. The van der Waals surface area contributed by atoms with Gasteiger partial charge in [-0.2, -0.15) is 0 Å². The molecular formula is C18H20O3. The van der Waals surface area contributed by atoms with Gasteiger partial charge in [0, 0.05) is 22.3 Å². The number of rotatable bonds is 4. The van der Waals surface area contributed by atoms with Crippen molar-refractivity contribution >= 4 is 16.6 Å². The third-order valence-electron chi connectivity index (χ3n) is 3.98. The van der Waals surface area contributed by atoms with Gasteiger partial charge in [-0.15, -0.1) is 0 Å². The summed E-state index contributed by atoms with van der Waals surface area (Å²) in [7, 11) is 0. The number of carbonyl (C=O) groups is 1. The Kier molecular flexibility index (Phi) is 3.58. The highest BCUT2D eigenvalue weighted by molar-refractivity contribution is 6.14. The zero-order chi connectivity index (χ0) is 15.0. The average molecular weight is 284 g/mol. The molecule has 2 aromatic carbocycles. The average Bonchev–Trinajstić information content (AvgIpc) is 2.75. The van der Waals surface area contributed by atoms with Crippen molar-refractivity contribution in [2.24, 2.45) is 5.92 Å². The first-order chi connectivity index (χ1) is 10.2. The first kappa shape index (κ1) is 13.9. The topological polar surface area (TPSA) is 35.5 Å². The third-order valence-corrected chi connectivity index (χ3v) is 3.98. The van der Waals surface area contributed by atoms with Crippen molar-refractivity contribution in [3.63, 3.8) is 0 Å². The van der Waals surface area contributed by atoms with Crippen LogP contribution in [0, 0.1) is 5.92 Å². The summed E-state index contributed by atoms with van der Waals surface area (Å²) in [5, 5.41) is 1.94. The summed E-state index contributed by atoms with van der Waals surface area (Å²) in [6.45, 7) is 7.15. The predicted molar refractivity (Wildman–Crippen MR) is 83.5 cm³/mol. The number of hydrogen-bond acceptors (Lipinski definition) is 3. The summed E-state index contributed by atoms with van der Waals surface area (Å²) >= 11 is 0. The van der Waals surface area contributed by atoms with Crippen LogP contribution in [-0.4, -0.2) is 19.0 Å². The SMILES string of the molecule is CCOc1ccc2c(OCC)cc3c(c2c1)C(=O)C(C)C3. The van der Waals surface area contributed by atoms with Gasteiger partial charge in [0.05, 0.1) is 13.2 Å². The second kappa shape index (κ2) is 5.40. The third kappa shape index (κ3) is 2.27. The van der Waals surface area contributed by atoms with Crippen molar-refractivity contribution in [3.05, 3.63) is 35.4 Å². The van der Waals surface area contributed by atoms with Gasteiger partial charge in [-0.3, -0.25) is 4.79 Å². The number of benzene rings is 2. The van der Waals surface area contributed by atoms with Crippen LogP contribution in [0.5, 0.6) is 11.5 Å². The van der Waals surface area contributed by atoms with Gasteiger partial charge in [-0.25, -0.2) is 0 Å². The molecule has 0 aliphatic heterocycles. The molecule has 0 amide bonds. The first-order valence-electron chi connectivity index (χ1n) is 7.55. The zero-order valence-corrected chi connectivity index (χ0v) is 12.7. The lowest BCUT2D eigenvalue weighted by molar-refractivity contribution is 0.0947. The fourth-order valence-corrected chi connectivity index (χ4v) is 3.08. The van der Waals surface area contributed by atoms with E-state index in [1.807, 2.05) is 45.0 Å². The van der Waals surface area contributed by atoms with Crippen LogP contribution in [-0.2, 0) is 6.42 Å². The normalized spacial score (nSPS) is 17.1. The van der Waals surface area contributed by atoms with Crippen molar-refractivity contribution < 1.29 is 14.3 Å². The lowest BCUT2D eigenvalue weighted by atomic mass is 9.99. The van der Waals surface area contributed by atoms with Gasteiger partial charge in [0.1, 0.15) is 11.5 Å². The van der Waals surface area contributed by atoms with Crippen LogP contribution < -0.4 is 9.47 Å². The number of ketones is 1. The van der Waals surface area contributed by atoms with Crippen molar-refractivity contribution in [2.75, 3.05) is 13.2 Å². The molecule has 0 saturated heterocycles. The molecule has 21 heavy (non-hydrogen) atoms. The Labute approximate surface area is 124 Å². The summed E-state index contributed by atoms with van der Waals surface area (Å²) in [4.78, 5) is 12.5. The van der Waals surface area contributed by atoms with E-state index in [4.69, 9.17) is 9.47 Å². The van der Waals surface area contributed by atoms with Crippen molar-refractivity contribution in [3.8, 4) is 11.5 Å². The molecule has 0 heterocycles. The zero-order valence-electron chi connectivity index (χ0n) is 12.7. The molecule has 3 rings (SSSR count). The minimum atomic E-state index is 0.0517. The van der Waals surface area contributed by atoms with E-state index in [-0.39, 0.29) is 11.7 Å². The molecule has 1 unspecified atom stereocenters. The molecule has 3 nitrogen and oxygen atoms in total. The summed E-state index contributed by atoms with van der Waals surface area (Å²) in [5.41, 5.74) is 1.94. The molecule has 1 aliphatic carbocycles. The summed E-state index contributed by atoms with van der Waals surface area (Å²) < 4.78 is 11.3. The van der Waals surface area contributed by atoms with E-state index in [1.165, 1.54) is 0 Å². The maximum Gasteiger partial charge on any atom is 0.166 e. The standard InChI is InChI=1S/C18H20O3/c1-4-20-13-6-7-14-15(10-13)17-12(8-11(3)18(17)19)9-16(14)21-5-2/h6-7,9-11H,4-5,8H2,1-3H3. The maximum absolute atomic E-state index is 12.5. The van der Waals surface area contributed by atoms with E-state index in [0.29, 0.717) is 13.2 Å². The molecule has 0 bridgehead atoms. The minimum Gasteiger partial charge on any atom is -0.494 e. The minimum absolute atomic E-state index is 0.0517. The largest absolute Gasteiger partial charge is 0.494 e. The Morgan fingerprint density at radius 1 is 1.10 bits per heavy atom. The van der Waals surface area contributed by atoms with Gasteiger partial charge in [0.15, 0.2) is 5.78 Å². The molecule has 110 valence electrons. The highest BCUT2D eigenvalue weighted by Gasteiger charge is 2.30. The Balaban J connectivity index is 2.27. The second-order valence-corrected chi connectivity index (χ2v) is 5.45. The van der Waals surface area contributed by atoms with Crippen molar-refractivity contribution in [2.45, 2.75) is 27.2 Å². The molecule has 1 atom stereocenters. The van der Waals surface area contributed by atoms with E-state index in [0.717, 1.165) is 39.8 Å². The lowest BCUT2D eigenvalue weighted by Gasteiger charge is -2.13. The number of carbonyl (C=O) groups excluding carboxylic acids is 1. The number of hydrogen-bond donors (Lipinski definition) is 0. The number of fused-ring (bicyclic) bond motifs is 3. The first-order valence-corrected chi connectivity index (χ1v) is 7.55. The number of ether oxygens (including phenoxy) is 2. The van der Waals surface area contributed by atoms with E-state index in [9.17, 15) is 4.79 Å².